The molecule has 1 atom stereocenters. The molecule has 1 aliphatic carbocycles. The molecule has 1 heterocycles. The number of benzene rings is 1. The lowest BCUT2D eigenvalue weighted by atomic mass is 9.86. The third-order valence-electron chi connectivity index (χ3n) is 4.23. The van der Waals surface area contributed by atoms with Crippen LogP contribution in [0, 0.1) is 0 Å². The highest BCUT2D eigenvalue weighted by molar-refractivity contribution is 5.85. The Kier molecular flexibility index (Phi) is 4.55. The molecule has 4 nitrogen and oxygen atoms in total. The lowest BCUT2D eigenvalue weighted by molar-refractivity contribution is -0.121. The normalized spacial score (nSPS) is 22.6. The van der Waals surface area contributed by atoms with Crippen molar-refractivity contribution in [3.8, 4) is 5.75 Å². The quantitative estimate of drug-likeness (QED) is 0.880. The zero-order valence-electron chi connectivity index (χ0n) is 11.4. The lowest BCUT2D eigenvalue weighted by Crippen LogP contribution is -2.44. The first-order valence-corrected chi connectivity index (χ1v) is 7.00. The Balaban J connectivity index is 0.00000147. The molecule has 1 spiro atoms. The van der Waals surface area contributed by atoms with Crippen LogP contribution in [0.15, 0.2) is 24.3 Å². The number of carbonyl (C=O) groups is 1. The summed E-state index contributed by atoms with van der Waals surface area (Å²) < 4.78 is 6.24. The van der Waals surface area contributed by atoms with E-state index in [0.717, 1.165) is 30.6 Å². The maximum Gasteiger partial charge on any atom is 0.234 e. The fourth-order valence-electron chi connectivity index (χ4n) is 3.33. The number of para-hydroxylation sites is 1. The monoisotopic (exact) mass is 296 g/mol. The Morgan fingerprint density at radius 1 is 1.35 bits per heavy atom. The SMILES string of the molecule is Cl.NCC(=O)NC1CC2(CCCC2)Oc2ccccc21. The van der Waals surface area contributed by atoms with Gasteiger partial charge in [0.25, 0.3) is 0 Å². The molecule has 0 aromatic heterocycles. The predicted octanol–water partition coefficient (Wildman–Crippen LogP) is 2.32. The standard InChI is InChI=1S/C15H20N2O2.ClH/c16-10-14(18)17-12-9-15(7-3-4-8-15)19-13-6-2-1-5-11(12)13;/h1-2,5-6,12H,3-4,7-10,16H2,(H,17,18);1H. The van der Waals surface area contributed by atoms with Crippen molar-refractivity contribution >= 4 is 18.3 Å². The highest BCUT2D eigenvalue weighted by Gasteiger charge is 2.43. The topological polar surface area (TPSA) is 64.4 Å². The minimum atomic E-state index is -0.102. The summed E-state index contributed by atoms with van der Waals surface area (Å²) in [7, 11) is 0. The number of nitrogens with two attached hydrogens (primary N) is 1. The number of ether oxygens (including phenoxy) is 1. The summed E-state index contributed by atoms with van der Waals surface area (Å²) >= 11 is 0. The maximum absolute atomic E-state index is 11.6. The predicted molar refractivity (Wildman–Crippen MR) is 80.1 cm³/mol. The van der Waals surface area contributed by atoms with Gasteiger partial charge in [-0.1, -0.05) is 18.2 Å². The van der Waals surface area contributed by atoms with Crippen LogP contribution >= 0.6 is 12.4 Å². The second-order valence-electron chi connectivity index (χ2n) is 5.56. The van der Waals surface area contributed by atoms with Gasteiger partial charge in [0.2, 0.25) is 5.91 Å². The zero-order chi connectivity index (χ0) is 13.3. The van der Waals surface area contributed by atoms with Crippen LogP contribution in [0.5, 0.6) is 5.75 Å². The fourth-order valence-corrected chi connectivity index (χ4v) is 3.33. The Bertz CT molecular complexity index is 487. The molecular weight excluding hydrogens is 276 g/mol. The van der Waals surface area contributed by atoms with Crippen molar-refractivity contribution < 1.29 is 9.53 Å². The third kappa shape index (κ3) is 2.76. The average molecular weight is 297 g/mol. The van der Waals surface area contributed by atoms with Gasteiger partial charge in [-0.15, -0.1) is 12.4 Å². The first-order valence-electron chi connectivity index (χ1n) is 7.00. The van der Waals surface area contributed by atoms with E-state index in [1.807, 2.05) is 24.3 Å². The molecule has 1 unspecified atom stereocenters. The number of carbonyl (C=O) groups excluding carboxylic acids is 1. The van der Waals surface area contributed by atoms with Crippen molar-refractivity contribution in [3.63, 3.8) is 0 Å². The van der Waals surface area contributed by atoms with E-state index in [9.17, 15) is 4.79 Å². The van der Waals surface area contributed by atoms with Crippen molar-refractivity contribution in [1.29, 1.82) is 0 Å². The van der Waals surface area contributed by atoms with E-state index >= 15 is 0 Å². The molecule has 5 heteroatoms. The van der Waals surface area contributed by atoms with Gasteiger partial charge >= 0.3 is 0 Å². The first kappa shape index (κ1) is 15.1. The van der Waals surface area contributed by atoms with Gasteiger partial charge in [0.15, 0.2) is 0 Å². The maximum atomic E-state index is 11.6. The summed E-state index contributed by atoms with van der Waals surface area (Å²) in [6, 6.07) is 8.01. The van der Waals surface area contributed by atoms with Gasteiger partial charge in [-0.3, -0.25) is 4.79 Å². The van der Waals surface area contributed by atoms with Gasteiger partial charge in [-0.2, -0.15) is 0 Å². The molecule has 0 radical (unpaired) electrons. The van der Waals surface area contributed by atoms with Crippen molar-refractivity contribution in [1.82, 2.24) is 5.32 Å². The van der Waals surface area contributed by atoms with E-state index in [1.54, 1.807) is 0 Å². The Hall–Kier alpha value is -1.26. The van der Waals surface area contributed by atoms with Gasteiger partial charge < -0.3 is 15.8 Å². The molecule has 1 fully saturated rings. The van der Waals surface area contributed by atoms with Crippen LogP contribution in [0.25, 0.3) is 0 Å². The zero-order valence-corrected chi connectivity index (χ0v) is 12.2. The van der Waals surface area contributed by atoms with Crippen LogP contribution in [0.3, 0.4) is 0 Å². The highest BCUT2D eigenvalue weighted by Crippen LogP contribution is 2.46. The van der Waals surface area contributed by atoms with Crippen molar-refractivity contribution in [2.45, 2.75) is 43.7 Å². The van der Waals surface area contributed by atoms with Gasteiger partial charge in [0.05, 0.1) is 12.6 Å². The number of rotatable bonds is 2. The van der Waals surface area contributed by atoms with Crippen molar-refractivity contribution in [2.24, 2.45) is 5.73 Å². The van der Waals surface area contributed by atoms with E-state index < -0.39 is 0 Å². The molecule has 1 amide bonds. The second kappa shape index (κ2) is 6.02. The van der Waals surface area contributed by atoms with Crippen LogP contribution in [0.2, 0.25) is 0 Å². The number of halogens is 1. The Morgan fingerprint density at radius 3 is 2.75 bits per heavy atom. The Labute approximate surface area is 125 Å². The van der Waals surface area contributed by atoms with Crippen LogP contribution < -0.4 is 15.8 Å². The molecule has 0 bridgehead atoms. The van der Waals surface area contributed by atoms with E-state index in [4.69, 9.17) is 10.5 Å². The molecule has 2 aliphatic rings. The number of hydrogen-bond donors (Lipinski definition) is 2. The molecule has 1 aliphatic heterocycles. The summed E-state index contributed by atoms with van der Waals surface area (Å²) in [6.45, 7) is 0.0343. The summed E-state index contributed by atoms with van der Waals surface area (Å²) in [6.07, 6.45) is 5.43. The molecule has 110 valence electrons. The molecule has 3 rings (SSSR count). The van der Waals surface area contributed by atoms with E-state index in [2.05, 4.69) is 5.32 Å². The molecule has 20 heavy (non-hydrogen) atoms. The van der Waals surface area contributed by atoms with Gasteiger partial charge in [-0.05, 0) is 31.7 Å². The van der Waals surface area contributed by atoms with Crippen LogP contribution in [-0.2, 0) is 4.79 Å². The summed E-state index contributed by atoms with van der Waals surface area (Å²) in [4.78, 5) is 11.6. The molecule has 1 saturated carbocycles. The van der Waals surface area contributed by atoms with Crippen LogP contribution in [0.4, 0.5) is 0 Å². The third-order valence-corrected chi connectivity index (χ3v) is 4.23. The molecule has 0 saturated heterocycles. The van der Waals surface area contributed by atoms with Gasteiger partial charge in [0.1, 0.15) is 11.4 Å². The number of amides is 1. The van der Waals surface area contributed by atoms with Gasteiger partial charge in [0, 0.05) is 12.0 Å². The first-order chi connectivity index (χ1) is 9.22. The van der Waals surface area contributed by atoms with Crippen molar-refractivity contribution in [2.75, 3.05) is 6.54 Å². The minimum Gasteiger partial charge on any atom is -0.487 e. The van der Waals surface area contributed by atoms with Crippen LogP contribution in [0.1, 0.15) is 43.7 Å². The van der Waals surface area contributed by atoms with Gasteiger partial charge in [-0.25, -0.2) is 0 Å². The fraction of sp³-hybridized carbons (Fsp3) is 0.533. The highest BCUT2D eigenvalue weighted by atomic mass is 35.5. The van der Waals surface area contributed by atoms with Crippen LogP contribution in [-0.4, -0.2) is 18.1 Å². The average Bonchev–Trinajstić information content (AvgIpc) is 2.86. The number of hydrogen-bond acceptors (Lipinski definition) is 3. The molecule has 3 N–H and O–H groups in total. The lowest BCUT2D eigenvalue weighted by Gasteiger charge is -2.40. The van der Waals surface area contributed by atoms with Crippen molar-refractivity contribution in [3.05, 3.63) is 29.8 Å². The summed E-state index contributed by atoms with van der Waals surface area (Å²) in [5, 5.41) is 3.03. The minimum absolute atomic E-state index is 0. The second-order valence-corrected chi connectivity index (χ2v) is 5.56. The molecule has 1 aromatic rings. The van der Waals surface area contributed by atoms with E-state index in [1.165, 1.54) is 12.8 Å². The smallest absolute Gasteiger partial charge is 0.234 e. The summed E-state index contributed by atoms with van der Waals surface area (Å²) in [5.74, 6) is 0.813. The summed E-state index contributed by atoms with van der Waals surface area (Å²) in [5.41, 5.74) is 6.40. The number of fused-ring (bicyclic) bond motifs is 1. The van der Waals surface area contributed by atoms with E-state index in [0.29, 0.717) is 0 Å². The largest absolute Gasteiger partial charge is 0.487 e. The molecule has 1 aromatic carbocycles. The van der Waals surface area contributed by atoms with E-state index in [-0.39, 0.29) is 36.5 Å². The Morgan fingerprint density at radius 2 is 2.05 bits per heavy atom. The molecular formula is C15H21ClN2O2. The number of nitrogens with one attached hydrogen (secondary N) is 1.